The Morgan fingerprint density at radius 2 is 1.88 bits per heavy atom. The van der Waals surface area contributed by atoms with Gasteiger partial charge in [-0.3, -0.25) is 0 Å². The van der Waals surface area contributed by atoms with Crippen LogP contribution in [0.3, 0.4) is 0 Å². The Morgan fingerprint density at radius 3 is 2.44 bits per heavy atom. The van der Waals surface area contributed by atoms with Gasteiger partial charge in [0.15, 0.2) is 0 Å². The molecule has 0 aliphatic rings. The maximum atomic E-state index is 5.63. The molecule has 1 rings (SSSR count). The molecule has 16 heavy (non-hydrogen) atoms. The van der Waals surface area contributed by atoms with Crippen LogP contribution in [0.4, 0.5) is 17.6 Å². The summed E-state index contributed by atoms with van der Waals surface area (Å²) in [5.41, 5.74) is 5.63. The van der Waals surface area contributed by atoms with Gasteiger partial charge in [0.2, 0.25) is 5.95 Å². The van der Waals surface area contributed by atoms with Crippen LogP contribution in [0, 0.1) is 0 Å². The zero-order valence-electron chi connectivity index (χ0n) is 9.79. The topological polar surface area (TPSA) is 75.9 Å². The lowest BCUT2D eigenvalue weighted by Crippen LogP contribution is -2.10. The molecule has 1 aromatic rings. The summed E-state index contributed by atoms with van der Waals surface area (Å²) in [5, 5.41) is 6.40. The minimum atomic E-state index is 0.299. The van der Waals surface area contributed by atoms with E-state index in [2.05, 4.69) is 33.8 Å². The van der Waals surface area contributed by atoms with Crippen molar-refractivity contribution in [3.63, 3.8) is 0 Å². The van der Waals surface area contributed by atoms with Crippen LogP contribution in [0.2, 0.25) is 0 Å². The molecule has 0 radical (unpaired) electrons. The van der Waals surface area contributed by atoms with E-state index in [4.69, 9.17) is 5.73 Å². The second-order valence-electron chi connectivity index (χ2n) is 3.34. The van der Waals surface area contributed by atoms with Crippen molar-refractivity contribution in [2.75, 3.05) is 41.5 Å². The van der Waals surface area contributed by atoms with Crippen LogP contribution in [0.1, 0.15) is 13.3 Å². The smallest absolute Gasteiger partial charge is 0.223 e. The molecular formula is C10H19N5S. The van der Waals surface area contributed by atoms with Gasteiger partial charge in [0, 0.05) is 24.9 Å². The van der Waals surface area contributed by atoms with E-state index < -0.39 is 0 Å². The lowest BCUT2D eigenvalue weighted by molar-refractivity contribution is 0.966. The Hall–Kier alpha value is -1.17. The third-order valence-corrected chi connectivity index (χ3v) is 2.52. The van der Waals surface area contributed by atoms with E-state index in [-0.39, 0.29) is 0 Å². The fourth-order valence-corrected chi connectivity index (χ4v) is 1.49. The first-order valence-electron chi connectivity index (χ1n) is 5.37. The molecule has 0 aliphatic carbocycles. The van der Waals surface area contributed by atoms with Crippen LogP contribution in [0.25, 0.3) is 0 Å². The quantitative estimate of drug-likeness (QED) is 0.630. The Balaban J connectivity index is 2.58. The SMILES string of the molecule is CCCNc1cc(NCCSC)nc(N)n1. The van der Waals surface area contributed by atoms with Crippen molar-refractivity contribution in [1.29, 1.82) is 0 Å². The molecule has 6 heteroatoms. The molecular weight excluding hydrogens is 222 g/mol. The monoisotopic (exact) mass is 241 g/mol. The molecule has 1 aromatic heterocycles. The van der Waals surface area contributed by atoms with Gasteiger partial charge in [0.05, 0.1) is 0 Å². The van der Waals surface area contributed by atoms with Gasteiger partial charge in [-0.25, -0.2) is 0 Å². The molecule has 0 bridgehead atoms. The van der Waals surface area contributed by atoms with Crippen LogP contribution in [-0.4, -0.2) is 35.1 Å². The molecule has 4 N–H and O–H groups in total. The summed E-state index contributed by atoms with van der Waals surface area (Å²) >= 11 is 1.79. The van der Waals surface area contributed by atoms with Crippen LogP contribution in [0.15, 0.2) is 6.07 Å². The summed E-state index contributed by atoms with van der Waals surface area (Å²) in [5.74, 6) is 2.90. The number of thioether (sulfide) groups is 1. The number of hydrogen-bond donors (Lipinski definition) is 3. The summed E-state index contributed by atoms with van der Waals surface area (Å²) < 4.78 is 0. The van der Waals surface area contributed by atoms with E-state index >= 15 is 0 Å². The van der Waals surface area contributed by atoms with Crippen molar-refractivity contribution in [3.8, 4) is 0 Å². The molecule has 0 amide bonds. The van der Waals surface area contributed by atoms with Gasteiger partial charge in [-0.05, 0) is 12.7 Å². The van der Waals surface area contributed by atoms with Crippen LogP contribution in [0.5, 0.6) is 0 Å². The van der Waals surface area contributed by atoms with Crippen LogP contribution in [-0.2, 0) is 0 Å². The number of nitrogen functional groups attached to an aromatic ring is 1. The van der Waals surface area contributed by atoms with Gasteiger partial charge in [-0.1, -0.05) is 6.92 Å². The average Bonchev–Trinajstić information content (AvgIpc) is 2.26. The van der Waals surface area contributed by atoms with E-state index in [1.54, 1.807) is 11.8 Å². The third kappa shape index (κ3) is 4.57. The number of nitrogens with one attached hydrogen (secondary N) is 2. The lowest BCUT2D eigenvalue weighted by Gasteiger charge is -2.08. The van der Waals surface area contributed by atoms with Crippen molar-refractivity contribution in [1.82, 2.24) is 9.97 Å². The predicted molar refractivity (Wildman–Crippen MR) is 72.1 cm³/mol. The first-order chi connectivity index (χ1) is 7.76. The maximum Gasteiger partial charge on any atom is 0.223 e. The number of nitrogens with zero attached hydrogens (tertiary/aromatic N) is 2. The summed E-state index contributed by atoms with van der Waals surface area (Å²) in [6.07, 6.45) is 3.13. The zero-order chi connectivity index (χ0) is 11.8. The van der Waals surface area contributed by atoms with Crippen molar-refractivity contribution < 1.29 is 0 Å². The molecule has 0 saturated carbocycles. The molecule has 0 aromatic carbocycles. The van der Waals surface area contributed by atoms with Crippen LogP contribution < -0.4 is 16.4 Å². The molecule has 5 nitrogen and oxygen atoms in total. The van der Waals surface area contributed by atoms with Crippen molar-refractivity contribution in [2.45, 2.75) is 13.3 Å². The number of aromatic nitrogens is 2. The largest absolute Gasteiger partial charge is 0.370 e. The Bertz CT molecular complexity index is 318. The van der Waals surface area contributed by atoms with Crippen molar-refractivity contribution >= 4 is 29.3 Å². The molecule has 0 spiro atoms. The molecule has 90 valence electrons. The molecule has 0 saturated heterocycles. The predicted octanol–water partition coefficient (Wildman–Crippen LogP) is 1.66. The second-order valence-corrected chi connectivity index (χ2v) is 4.33. The number of anilines is 3. The number of rotatable bonds is 7. The van der Waals surface area contributed by atoms with Crippen LogP contribution >= 0.6 is 11.8 Å². The van der Waals surface area contributed by atoms with Gasteiger partial charge >= 0.3 is 0 Å². The van der Waals surface area contributed by atoms with Gasteiger partial charge in [0.25, 0.3) is 0 Å². The molecule has 0 fully saturated rings. The summed E-state index contributed by atoms with van der Waals surface area (Å²) in [7, 11) is 0. The highest BCUT2D eigenvalue weighted by Crippen LogP contribution is 2.12. The Kier molecular flexibility index (Phi) is 5.77. The Morgan fingerprint density at radius 1 is 1.25 bits per heavy atom. The third-order valence-electron chi connectivity index (χ3n) is 1.91. The zero-order valence-corrected chi connectivity index (χ0v) is 10.6. The lowest BCUT2D eigenvalue weighted by atomic mass is 10.4. The highest BCUT2D eigenvalue weighted by atomic mass is 32.2. The normalized spacial score (nSPS) is 10.1. The molecule has 0 atom stereocenters. The highest BCUT2D eigenvalue weighted by molar-refractivity contribution is 7.98. The second kappa shape index (κ2) is 7.16. The van der Waals surface area contributed by atoms with E-state index in [1.165, 1.54) is 0 Å². The van der Waals surface area contributed by atoms with E-state index in [9.17, 15) is 0 Å². The average molecular weight is 241 g/mol. The van der Waals surface area contributed by atoms with E-state index in [0.717, 1.165) is 36.9 Å². The molecule has 1 heterocycles. The summed E-state index contributed by atoms with van der Waals surface area (Å²) in [4.78, 5) is 8.23. The van der Waals surface area contributed by atoms with Gasteiger partial charge in [-0.2, -0.15) is 21.7 Å². The van der Waals surface area contributed by atoms with Gasteiger partial charge < -0.3 is 16.4 Å². The van der Waals surface area contributed by atoms with Gasteiger partial charge in [0.1, 0.15) is 11.6 Å². The van der Waals surface area contributed by atoms with E-state index in [1.807, 2.05) is 6.07 Å². The highest BCUT2D eigenvalue weighted by Gasteiger charge is 2.00. The summed E-state index contributed by atoms with van der Waals surface area (Å²) in [6, 6.07) is 1.88. The fraction of sp³-hybridized carbons (Fsp3) is 0.600. The number of nitrogens with two attached hydrogens (primary N) is 1. The van der Waals surface area contributed by atoms with Crippen molar-refractivity contribution in [3.05, 3.63) is 6.07 Å². The molecule has 0 unspecified atom stereocenters. The first-order valence-corrected chi connectivity index (χ1v) is 6.77. The first kappa shape index (κ1) is 12.9. The Labute approximate surface area is 101 Å². The van der Waals surface area contributed by atoms with Gasteiger partial charge in [-0.15, -0.1) is 0 Å². The summed E-state index contributed by atoms with van der Waals surface area (Å²) in [6.45, 7) is 3.88. The van der Waals surface area contributed by atoms with Crippen molar-refractivity contribution in [2.24, 2.45) is 0 Å². The minimum absolute atomic E-state index is 0.299. The standard InChI is InChI=1S/C10H19N5S/c1-3-4-12-8-7-9(13-5-6-16-2)15-10(11)14-8/h7H,3-6H2,1-2H3,(H4,11,12,13,14,15). The minimum Gasteiger partial charge on any atom is -0.370 e. The number of hydrogen-bond acceptors (Lipinski definition) is 6. The van der Waals surface area contributed by atoms with E-state index in [0.29, 0.717) is 5.95 Å². The fourth-order valence-electron chi connectivity index (χ4n) is 1.18. The maximum absolute atomic E-state index is 5.63. The molecule has 0 aliphatic heterocycles.